The van der Waals surface area contributed by atoms with Crippen LogP contribution in [-0.4, -0.2) is 13.2 Å². The molecule has 0 atom stereocenters. The molecule has 0 spiro atoms. The van der Waals surface area contributed by atoms with Gasteiger partial charge < -0.3 is 4.74 Å². The van der Waals surface area contributed by atoms with Gasteiger partial charge in [0.25, 0.3) is 0 Å². The van der Waals surface area contributed by atoms with Gasteiger partial charge in [-0.2, -0.15) is 0 Å². The van der Waals surface area contributed by atoms with Crippen molar-refractivity contribution in [1.82, 2.24) is 0 Å². The van der Waals surface area contributed by atoms with Crippen LogP contribution < -0.4 is 5.32 Å². The highest BCUT2D eigenvalue weighted by Gasteiger charge is 2.02. The number of carbonyl (C=O) groups excluding carboxylic acids is 1. The summed E-state index contributed by atoms with van der Waals surface area (Å²) in [7, 11) is 1.31. The van der Waals surface area contributed by atoms with E-state index in [9.17, 15) is 4.79 Å². The van der Waals surface area contributed by atoms with E-state index in [4.69, 9.17) is 11.6 Å². The average Bonchev–Trinajstić information content (AvgIpc) is 2.11. The lowest BCUT2D eigenvalue weighted by Crippen LogP contribution is -2.10. The molecule has 0 bridgehead atoms. The molecule has 0 saturated carbocycles. The summed E-state index contributed by atoms with van der Waals surface area (Å²) in [4.78, 5) is 10.8. The highest BCUT2D eigenvalue weighted by Crippen LogP contribution is 2.25. The van der Waals surface area contributed by atoms with Crippen molar-refractivity contribution in [2.24, 2.45) is 0 Å². The molecule has 13 heavy (non-hydrogen) atoms. The predicted molar refractivity (Wildman–Crippen MR) is 55.2 cm³/mol. The second-order valence-corrected chi connectivity index (χ2v) is 3.51. The molecule has 1 aromatic carbocycles. The van der Waals surface area contributed by atoms with E-state index in [2.05, 4.69) is 26.0 Å². The number of nitrogens with one attached hydrogen (secondary N) is 1. The summed E-state index contributed by atoms with van der Waals surface area (Å²) in [5.41, 5.74) is 0.628. The summed E-state index contributed by atoms with van der Waals surface area (Å²) < 4.78 is 5.15. The van der Waals surface area contributed by atoms with Gasteiger partial charge in [-0.3, -0.25) is 5.32 Å². The molecule has 0 aliphatic rings. The Balaban J connectivity index is 2.79. The number of hydrogen-bond donors (Lipinski definition) is 1. The second kappa shape index (κ2) is 4.48. The smallest absolute Gasteiger partial charge is 0.411 e. The van der Waals surface area contributed by atoms with Crippen LogP contribution in [0.15, 0.2) is 22.7 Å². The predicted octanol–water partition coefficient (Wildman–Crippen LogP) is 3.28. The SMILES string of the molecule is COC(=O)Nc1ccc(Cl)c(Br)c1. The quantitative estimate of drug-likeness (QED) is 0.845. The zero-order valence-electron chi connectivity index (χ0n) is 6.80. The number of benzene rings is 1. The summed E-state index contributed by atoms with van der Waals surface area (Å²) >= 11 is 8.99. The molecule has 0 fully saturated rings. The monoisotopic (exact) mass is 263 g/mol. The minimum Gasteiger partial charge on any atom is -0.453 e. The fraction of sp³-hybridized carbons (Fsp3) is 0.125. The van der Waals surface area contributed by atoms with Crippen LogP contribution in [-0.2, 0) is 4.74 Å². The second-order valence-electron chi connectivity index (χ2n) is 2.25. The van der Waals surface area contributed by atoms with Crippen molar-refractivity contribution in [3.63, 3.8) is 0 Å². The summed E-state index contributed by atoms with van der Waals surface area (Å²) in [6.45, 7) is 0. The molecule has 1 amide bonds. The Labute approximate surface area is 89.2 Å². The van der Waals surface area contributed by atoms with Crippen molar-refractivity contribution in [3.05, 3.63) is 27.7 Å². The topological polar surface area (TPSA) is 38.3 Å². The maximum absolute atomic E-state index is 10.8. The van der Waals surface area contributed by atoms with Gasteiger partial charge >= 0.3 is 6.09 Å². The molecule has 1 N–H and O–H groups in total. The van der Waals surface area contributed by atoms with Crippen molar-refractivity contribution in [2.45, 2.75) is 0 Å². The van der Waals surface area contributed by atoms with Crippen LogP contribution in [0.3, 0.4) is 0 Å². The summed E-state index contributed by atoms with van der Waals surface area (Å²) in [6, 6.07) is 5.06. The number of halogens is 2. The normalized spacial score (nSPS) is 9.46. The molecule has 0 saturated heterocycles. The number of hydrogen-bond acceptors (Lipinski definition) is 2. The Kier molecular flexibility index (Phi) is 3.57. The molecule has 0 aliphatic carbocycles. The van der Waals surface area contributed by atoms with Gasteiger partial charge in [-0.05, 0) is 34.1 Å². The molecular formula is C8H7BrClNO2. The lowest BCUT2D eigenvalue weighted by Gasteiger charge is -2.04. The largest absolute Gasteiger partial charge is 0.453 e. The zero-order valence-corrected chi connectivity index (χ0v) is 9.15. The lowest BCUT2D eigenvalue weighted by molar-refractivity contribution is 0.187. The maximum Gasteiger partial charge on any atom is 0.411 e. The molecule has 1 rings (SSSR count). The van der Waals surface area contributed by atoms with Gasteiger partial charge in [-0.1, -0.05) is 11.6 Å². The van der Waals surface area contributed by atoms with Gasteiger partial charge in [0.2, 0.25) is 0 Å². The fourth-order valence-electron chi connectivity index (χ4n) is 0.743. The number of ether oxygens (including phenoxy) is 1. The van der Waals surface area contributed by atoms with Crippen LogP contribution in [0.1, 0.15) is 0 Å². The minimum absolute atomic E-state index is 0.505. The van der Waals surface area contributed by atoms with Crippen molar-refractivity contribution >= 4 is 39.3 Å². The van der Waals surface area contributed by atoms with Crippen molar-refractivity contribution in [1.29, 1.82) is 0 Å². The van der Waals surface area contributed by atoms with Crippen LogP contribution in [0.5, 0.6) is 0 Å². The number of methoxy groups -OCH3 is 1. The molecule has 0 radical (unpaired) electrons. The molecule has 0 unspecified atom stereocenters. The van der Waals surface area contributed by atoms with Crippen LogP contribution in [0.25, 0.3) is 0 Å². The Morgan fingerprint density at radius 2 is 2.31 bits per heavy atom. The van der Waals surface area contributed by atoms with Gasteiger partial charge in [0.1, 0.15) is 0 Å². The first kappa shape index (κ1) is 10.3. The van der Waals surface area contributed by atoms with E-state index in [-0.39, 0.29) is 0 Å². The lowest BCUT2D eigenvalue weighted by atomic mass is 10.3. The average molecular weight is 265 g/mol. The maximum atomic E-state index is 10.8. The minimum atomic E-state index is -0.505. The molecule has 5 heteroatoms. The number of rotatable bonds is 1. The van der Waals surface area contributed by atoms with Gasteiger partial charge in [0.05, 0.1) is 12.1 Å². The van der Waals surface area contributed by atoms with E-state index in [0.717, 1.165) is 4.47 Å². The first-order chi connectivity index (χ1) is 6.13. The highest BCUT2D eigenvalue weighted by atomic mass is 79.9. The molecule has 70 valence electrons. The summed E-state index contributed by atoms with van der Waals surface area (Å²) in [5.74, 6) is 0. The third kappa shape index (κ3) is 2.90. The number of anilines is 1. The zero-order chi connectivity index (χ0) is 9.84. The molecule has 3 nitrogen and oxygen atoms in total. The Hall–Kier alpha value is -0.740. The standard InChI is InChI=1S/C8H7BrClNO2/c1-13-8(12)11-5-2-3-7(10)6(9)4-5/h2-4H,1H3,(H,11,12). The summed E-state index contributed by atoms with van der Waals surface area (Å²) in [6.07, 6.45) is -0.505. The van der Waals surface area contributed by atoms with E-state index < -0.39 is 6.09 Å². The van der Waals surface area contributed by atoms with Gasteiger partial charge in [0, 0.05) is 10.2 Å². The van der Waals surface area contributed by atoms with Gasteiger partial charge in [-0.25, -0.2) is 4.79 Å². The summed E-state index contributed by atoms with van der Waals surface area (Å²) in [5, 5.41) is 3.10. The fourth-order valence-corrected chi connectivity index (χ4v) is 1.24. The Morgan fingerprint density at radius 3 is 2.85 bits per heavy atom. The molecule has 1 aromatic rings. The van der Waals surface area contributed by atoms with Crippen molar-refractivity contribution in [3.8, 4) is 0 Å². The van der Waals surface area contributed by atoms with Gasteiger partial charge in [-0.15, -0.1) is 0 Å². The molecular weight excluding hydrogens is 257 g/mol. The van der Waals surface area contributed by atoms with E-state index in [1.54, 1.807) is 18.2 Å². The van der Waals surface area contributed by atoms with Crippen LogP contribution in [0.2, 0.25) is 5.02 Å². The van der Waals surface area contributed by atoms with E-state index in [1.165, 1.54) is 7.11 Å². The van der Waals surface area contributed by atoms with Crippen LogP contribution >= 0.6 is 27.5 Å². The third-order valence-corrected chi connectivity index (χ3v) is 2.57. The first-order valence-electron chi connectivity index (χ1n) is 3.43. The Bertz CT molecular complexity index is 330. The van der Waals surface area contributed by atoms with Crippen molar-refractivity contribution < 1.29 is 9.53 Å². The number of carbonyl (C=O) groups is 1. The highest BCUT2D eigenvalue weighted by molar-refractivity contribution is 9.10. The van der Waals surface area contributed by atoms with E-state index in [1.807, 2.05) is 0 Å². The van der Waals surface area contributed by atoms with E-state index >= 15 is 0 Å². The van der Waals surface area contributed by atoms with Crippen molar-refractivity contribution in [2.75, 3.05) is 12.4 Å². The molecule has 0 aliphatic heterocycles. The van der Waals surface area contributed by atoms with Gasteiger partial charge in [0.15, 0.2) is 0 Å². The number of amides is 1. The van der Waals surface area contributed by atoms with Crippen LogP contribution in [0.4, 0.5) is 10.5 Å². The Morgan fingerprint density at radius 1 is 1.62 bits per heavy atom. The third-order valence-electron chi connectivity index (χ3n) is 1.35. The molecule has 0 heterocycles. The van der Waals surface area contributed by atoms with E-state index in [0.29, 0.717) is 10.7 Å². The molecule has 0 aromatic heterocycles. The first-order valence-corrected chi connectivity index (χ1v) is 4.60. The van der Waals surface area contributed by atoms with Crippen LogP contribution in [0, 0.1) is 0 Å².